The molecular formula is C24H29N3O5S. The summed E-state index contributed by atoms with van der Waals surface area (Å²) in [7, 11) is -2.11. The van der Waals surface area contributed by atoms with Crippen molar-refractivity contribution in [3.63, 3.8) is 0 Å². The lowest BCUT2D eigenvalue weighted by Gasteiger charge is -2.18. The molecule has 0 unspecified atom stereocenters. The monoisotopic (exact) mass is 471 g/mol. The zero-order valence-corrected chi connectivity index (χ0v) is 19.7. The highest BCUT2D eigenvalue weighted by atomic mass is 32.2. The van der Waals surface area contributed by atoms with Crippen molar-refractivity contribution < 1.29 is 22.7 Å². The molecule has 2 aliphatic rings. The van der Waals surface area contributed by atoms with Gasteiger partial charge in [0.2, 0.25) is 21.8 Å². The first-order valence-electron chi connectivity index (χ1n) is 11.2. The fourth-order valence-electron chi connectivity index (χ4n) is 3.94. The molecule has 1 saturated carbocycles. The average Bonchev–Trinajstić information content (AvgIpc) is 3.57. The number of amides is 2. The van der Waals surface area contributed by atoms with Gasteiger partial charge < -0.3 is 14.5 Å². The van der Waals surface area contributed by atoms with E-state index in [1.807, 2.05) is 6.92 Å². The van der Waals surface area contributed by atoms with Crippen molar-refractivity contribution in [3.8, 4) is 5.75 Å². The van der Waals surface area contributed by atoms with Crippen molar-refractivity contribution in [2.75, 3.05) is 36.5 Å². The van der Waals surface area contributed by atoms with Gasteiger partial charge in [-0.05, 0) is 74.2 Å². The fourth-order valence-corrected chi connectivity index (χ4v) is 5.03. The van der Waals surface area contributed by atoms with E-state index in [0.717, 1.165) is 29.8 Å². The predicted octanol–water partition coefficient (Wildman–Crippen LogP) is 2.72. The minimum absolute atomic E-state index is 0.00802. The molecule has 2 aromatic rings. The molecular weight excluding hydrogens is 442 g/mol. The number of sulfonamides is 1. The van der Waals surface area contributed by atoms with Gasteiger partial charge in [-0.15, -0.1) is 0 Å². The molecule has 0 bridgehead atoms. The fraction of sp³-hybridized carbons (Fsp3) is 0.417. The summed E-state index contributed by atoms with van der Waals surface area (Å²) in [6, 6.07) is 12.0. The topological polar surface area (TPSA) is 96.0 Å². The van der Waals surface area contributed by atoms with E-state index in [1.165, 1.54) is 11.0 Å². The summed E-state index contributed by atoms with van der Waals surface area (Å²) in [5.41, 5.74) is 2.37. The van der Waals surface area contributed by atoms with Crippen LogP contribution in [0.5, 0.6) is 5.75 Å². The van der Waals surface area contributed by atoms with Gasteiger partial charge in [-0.2, -0.15) is 0 Å². The van der Waals surface area contributed by atoms with Crippen LogP contribution >= 0.6 is 0 Å². The number of rotatable bonds is 9. The number of ether oxygens (including phenoxy) is 1. The van der Waals surface area contributed by atoms with Gasteiger partial charge in [-0.3, -0.25) is 9.59 Å². The van der Waals surface area contributed by atoms with Gasteiger partial charge >= 0.3 is 0 Å². The Balaban J connectivity index is 1.33. The minimum atomic E-state index is -3.76. The standard InChI is InChI=1S/C24H29N3O5S/c1-3-32-20-8-6-19(7-9-20)26(2)23(28)12-14-25-33(30,31)21-10-11-22-18(16-21)13-15-27(22)24(29)17-4-5-17/h6-11,16-17,25H,3-5,12-15H2,1-2H3. The van der Waals surface area contributed by atoms with Crippen LogP contribution in [0.25, 0.3) is 0 Å². The molecule has 1 N–H and O–H groups in total. The Hall–Kier alpha value is -2.91. The number of benzene rings is 2. The highest BCUT2D eigenvalue weighted by Gasteiger charge is 2.36. The van der Waals surface area contributed by atoms with E-state index in [9.17, 15) is 18.0 Å². The molecule has 9 heteroatoms. The molecule has 1 aliphatic heterocycles. The van der Waals surface area contributed by atoms with E-state index < -0.39 is 10.0 Å². The summed E-state index contributed by atoms with van der Waals surface area (Å²) in [5.74, 6) is 0.784. The smallest absolute Gasteiger partial charge is 0.240 e. The Morgan fingerprint density at radius 1 is 1.15 bits per heavy atom. The van der Waals surface area contributed by atoms with Gasteiger partial charge in [0, 0.05) is 43.9 Å². The first-order chi connectivity index (χ1) is 15.8. The summed E-state index contributed by atoms with van der Waals surface area (Å²) in [6.45, 7) is 3.05. The lowest BCUT2D eigenvalue weighted by atomic mass is 10.2. The molecule has 0 spiro atoms. The van der Waals surface area contributed by atoms with E-state index in [-0.39, 0.29) is 35.6 Å². The third kappa shape index (κ3) is 5.20. The lowest BCUT2D eigenvalue weighted by molar-refractivity contribution is -0.120. The van der Waals surface area contributed by atoms with Crippen molar-refractivity contribution in [3.05, 3.63) is 48.0 Å². The molecule has 8 nitrogen and oxygen atoms in total. The summed E-state index contributed by atoms with van der Waals surface area (Å²) < 4.78 is 33.4. The quantitative estimate of drug-likeness (QED) is 0.607. The maximum absolute atomic E-state index is 12.8. The van der Waals surface area contributed by atoms with Crippen LogP contribution in [0.2, 0.25) is 0 Å². The Morgan fingerprint density at radius 3 is 2.55 bits per heavy atom. The van der Waals surface area contributed by atoms with E-state index in [4.69, 9.17) is 4.74 Å². The van der Waals surface area contributed by atoms with Gasteiger partial charge in [0.15, 0.2) is 0 Å². The second-order valence-electron chi connectivity index (χ2n) is 8.33. The third-order valence-electron chi connectivity index (χ3n) is 5.99. The molecule has 0 aromatic heterocycles. The lowest BCUT2D eigenvalue weighted by Crippen LogP contribution is -2.32. The average molecular weight is 472 g/mol. The highest BCUT2D eigenvalue weighted by Crippen LogP contribution is 2.37. The maximum atomic E-state index is 12.8. The maximum Gasteiger partial charge on any atom is 0.240 e. The Kier molecular flexibility index (Phi) is 6.71. The summed E-state index contributed by atoms with van der Waals surface area (Å²) in [6.07, 6.45) is 2.54. The van der Waals surface area contributed by atoms with Crippen LogP contribution < -0.4 is 19.3 Å². The van der Waals surface area contributed by atoms with E-state index >= 15 is 0 Å². The van der Waals surface area contributed by atoms with Crippen LogP contribution in [0.3, 0.4) is 0 Å². The van der Waals surface area contributed by atoms with Crippen LogP contribution in [-0.2, 0) is 26.0 Å². The molecule has 0 radical (unpaired) electrons. The first kappa shape index (κ1) is 23.3. The second kappa shape index (κ2) is 9.52. The molecule has 2 aromatic carbocycles. The summed E-state index contributed by atoms with van der Waals surface area (Å²) in [5, 5.41) is 0. The third-order valence-corrected chi connectivity index (χ3v) is 7.45. The Bertz CT molecular complexity index is 1140. The molecule has 1 fully saturated rings. The zero-order chi connectivity index (χ0) is 23.6. The van der Waals surface area contributed by atoms with Gasteiger partial charge in [-0.25, -0.2) is 13.1 Å². The van der Waals surface area contributed by atoms with Crippen molar-refractivity contribution in [2.45, 2.75) is 37.5 Å². The summed E-state index contributed by atoms with van der Waals surface area (Å²) in [4.78, 5) is 28.3. The molecule has 0 saturated heterocycles. The predicted molar refractivity (Wildman–Crippen MR) is 126 cm³/mol. The van der Waals surface area contributed by atoms with Crippen molar-refractivity contribution in [2.24, 2.45) is 5.92 Å². The molecule has 1 aliphatic carbocycles. The van der Waals surface area contributed by atoms with Crippen molar-refractivity contribution in [1.29, 1.82) is 0 Å². The SMILES string of the molecule is CCOc1ccc(N(C)C(=O)CCNS(=O)(=O)c2ccc3c(c2)CCN3C(=O)C2CC2)cc1. The molecule has 33 heavy (non-hydrogen) atoms. The minimum Gasteiger partial charge on any atom is -0.494 e. The Labute approximate surface area is 194 Å². The molecule has 4 rings (SSSR count). The molecule has 2 amide bonds. The highest BCUT2D eigenvalue weighted by molar-refractivity contribution is 7.89. The number of hydrogen-bond donors (Lipinski definition) is 1. The largest absolute Gasteiger partial charge is 0.494 e. The molecule has 1 heterocycles. The van der Waals surface area contributed by atoms with Crippen LogP contribution in [-0.4, -0.2) is 47.0 Å². The normalized spacial score (nSPS) is 15.3. The summed E-state index contributed by atoms with van der Waals surface area (Å²) >= 11 is 0. The number of carbonyl (C=O) groups excluding carboxylic acids is 2. The molecule has 176 valence electrons. The van der Waals surface area contributed by atoms with Gasteiger partial charge in [-0.1, -0.05) is 0 Å². The number of anilines is 2. The Morgan fingerprint density at radius 2 is 1.88 bits per heavy atom. The first-order valence-corrected chi connectivity index (χ1v) is 12.7. The van der Waals surface area contributed by atoms with Gasteiger partial charge in [0.05, 0.1) is 11.5 Å². The van der Waals surface area contributed by atoms with Crippen molar-refractivity contribution in [1.82, 2.24) is 4.72 Å². The number of nitrogens with one attached hydrogen (secondary N) is 1. The van der Waals surface area contributed by atoms with Crippen LogP contribution in [0.1, 0.15) is 31.7 Å². The van der Waals surface area contributed by atoms with Crippen LogP contribution in [0, 0.1) is 5.92 Å². The van der Waals surface area contributed by atoms with E-state index in [2.05, 4.69) is 4.72 Å². The zero-order valence-electron chi connectivity index (χ0n) is 18.9. The number of fused-ring (bicyclic) bond motifs is 1. The van der Waals surface area contributed by atoms with Crippen LogP contribution in [0.15, 0.2) is 47.4 Å². The van der Waals surface area contributed by atoms with Gasteiger partial charge in [0.1, 0.15) is 5.75 Å². The number of hydrogen-bond acceptors (Lipinski definition) is 5. The van der Waals surface area contributed by atoms with Crippen molar-refractivity contribution >= 4 is 33.2 Å². The number of carbonyl (C=O) groups is 2. The van der Waals surface area contributed by atoms with Gasteiger partial charge in [0.25, 0.3) is 0 Å². The molecule has 0 atom stereocenters. The van der Waals surface area contributed by atoms with E-state index in [0.29, 0.717) is 25.3 Å². The van der Waals surface area contributed by atoms with E-state index in [1.54, 1.807) is 48.3 Å². The second-order valence-corrected chi connectivity index (χ2v) is 10.1. The van der Waals surface area contributed by atoms with Crippen LogP contribution in [0.4, 0.5) is 11.4 Å². The number of nitrogens with zero attached hydrogens (tertiary/aromatic N) is 2.